The Bertz CT molecular complexity index is 248. The third-order valence-electron chi connectivity index (χ3n) is 2.80. The first-order valence-electron chi connectivity index (χ1n) is 4.81. The molecule has 1 aliphatic carbocycles. The fraction of sp³-hybridized carbons (Fsp3) is 0.700. The lowest BCUT2D eigenvalue weighted by atomic mass is 10.1. The summed E-state index contributed by atoms with van der Waals surface area (Å²) >= 11 is 0. The maximum atomic E-state index is 8.72. The van der Waals surface area contributed by atoms with Crippen molar-refractivity contribution in [2.45, 2.75) is 18.9 Å². The molecule has 13 heavy (non-hydrogen) atoms. The van der Waals surface area contributed by atoms with Crippen LogP contribution >= 0.6 is 0 Å². The van der Waals surface area contributed by atoms with E-state index in [1.54, 1.807) is 0 Å². The Kier molecular flexibility index (Phi) is 2.62. The van der Waals surface area contributed by atoms with Gasteiger partial charge in [0.25, 0.3) is 0 Å². The molecule has 2 rings (SSSR count). The second-order valence-electron chi connectivity index (χ2n) is 3.58. The van der Waals surface area contributed by atoms with Crippen LogP contribution in [0.3, 0.4) is 0 Å². The zero-order valence-electron chi connectivity index (χ0n) is 7.70. The number of nitrogens with zero attached hydrogens (tertiary/aromatic N) is 2. The Labute approximate surface area is 78.6 Å². The van der Waals surface area contributed by atoms with E-state index in [0.29, 0.717) is 6.04 Å². The van der Waals surface area contributed by atoms with Crippen LogP contribution < -0.4 is 0 Å². The first-order valence-corrected chi connectivity index (χ1v) is 4.81. The average Bonchev–Trinajstić information content (AvgIpc) is 2.67. The van der Waals surface area contributed by atoms with E-state index in [-0.39, 0.29) is 0 Å². The van der Waals surface area contributed by atoms with E-state index in [0.717, 1.165) is 44.7 Å². The van der Waals surface area contributed by atoms with Gasteiger partial charge in [-0.2, -0.15) is 5.26 Å². The molecule has 2 aliphatic rings. The summed E-state index contributed by atoms with van der Waals surface area (Å²) in [5.74, 6) is 0. The molecule has 0 bridgehead atoms. The highest BCUT2D eigenvalue weighted by Crippen LogP contribution is 2.23. The minimum Gasteiger partial charge on any atom is -0.379 e. The highest BCUT2D eigenvalue weighted by Gasteiger charge is 2.24. The smallest absolute Gasteiger partial charge is 0.0944 e. The molecule has 1 saturated heterocycles. The number of morpholine rings is 1. The van der Waals surface area contributed by atoms with E-state index in [2.05, 4.69) is 17.0 Å². The fourth-order valence-electron chi connectivity index (χ4n) is 2.01. The molecule has 0 aromatic heterocycles. The van der Waals surface area contributed by atoms with Gasteiger partial charge in [0.15, 0.2) is 0 Å². The van der Waals surface area contributed by atoms with Gasteiger partial charge in [-0.1, -0.05) is 6.08 Å². The van der Waals surface area contributed by atoms with Gasteiger partial charge in [0.1, 0.15) is 0 Å². The summed E-state index contributed by atoms with van der Waals surface area (Å²) in [6.07, 6.45) is 4.06. The molecular weight excluding hydrogens is 164 g/mol. The average molecular weight is 178 g/mol. The van der Waals surface area contributed by atoms with Crippen LogP contribution in [0, 0.1) is 11.3 Å². The van der Waals surface area contributed by atoms with Gasteiger partial charge in [0, 0.05) is 24.7 Å². The van der Waals surface area contributed by atoms with E-state index in [9.17, 15) is 0 Å². The Morgan fingerprint density at radius 3 is 2.85 bits per heavy atom. The summed E-state index contributed by atoms with van der Waals surface area (Å²) in [6, 6.07) is 2.80. The van der Waals surface area contributed by atoms with Crippen LogP contribution in [0.2, 0.25) is 0 Å². The minimum absolute atomic E-state index is 0.568. The van der Waals surface area contributed by atoms with Crippen molar-refractivity contribution in [3.63, 3.8) is 0 Å². The first-order chi connectivity index (χ1) is 6.40. The van der Waals surface area contributed by atoms with Crippen molar-refractivity contribution in [2.75, 3.05) is 26.3 Å². The monoisotopic (exact) mass is 178 g/mol. The Morgan fingerprint density at radius 2 is 2.23 bits per heavy atom. The fourth-order valence-corrected chi connectivity index (χ4v) is 2.01. The topological polar surface area (TPSA) is 36.3 Å². The molecule has 0 amide bonds. The predicted octanol–water partition coefficient (Wildman–Crippen LogP) is 0.931. The van der Waals surface area contributed by atoms with Crippen molar-refractivity contribution in [2.24, 2.45) is 0 Å². The minimum atomic E-state index is 0.568. The maximum absolute atomic E-state index is 8.72. The van der Waals surface area contributed by atoms with Crippen molar-refractivity contribution < 1.29 is 4.74 Å². The van der Waals surface area contributed by atoms with Crippen molar-refractivity contribution in [3.8, 4) is 6.07 Å². The highest BCUT2D eigenvalue weighted by molar-refractivity contribution is 5.26. The van der Waals surface area contributed by atoms with Gasteiger partial charge in [-0.15, -0.1) is 0 Å². The van der Waals surface area contributed by atoms with Crippen molar-refractivity contribution in [1.82, 2.24) is 4.90 Å². The normalized spacial score (nSPS) is 29.8. The van der Waals surface area contributed by atoms with Gasteiger partial charge in [0.2, 0.25) is 0 Å². The Balaban J connectivity index is 1.87. The Hall–Kier alpha value is -0.850. The van der Waals surface area contributed by atoms with E-state index in [4.69, 9.17) is 10.00 Å². The van der Waals surface area contributed by atoms with Gasteiger partial charge in [-0.25, -0.2) is 0 Å². The summed E-state index contributed by atoms with van der Waals surface area (Å²) in [7, 11) is 0. The zero-order chi connectivity index (χ0) is 9.10. The van der Waals surface area contributed by atoms with Crippen LogP contribution in [0.4, 0.5) is 0 Å². The predicted molar refractivity (Wildman–Crippen MR) is 49.1 cm³/mol. The van der Waals surface area contributed by atoms with E-state index in [1.165, 1.54) is 0 Å². The molecule has 1 atom stereocenters. The lowest BCUT2D eigenvalue weighted by Gasteiger charge is -2.32. The van der Waals surface area contributed by atoms with Crippen LogP contribution in [0.15, 0.2) is 11.6 Å². The van der Waals surface area contributed by atoms with Crippen LogP contribution in [0.1, 0.15) is 12.8 Å². The number of hydrogen-bond donors (Lipinski definition) is 0. The summed E-state index contributed by atoms with van der Waals surface area (Å²) < 4.78 is 5.29. The molecular formula is C10H14N2O. The molecule has 1 fully saturated rings. The molecule has 0 radical (unpaired) electrons. The largest absolute Gasteiger partial charge is 0.379 e. The van der Waals surface area contributed by atoms with E-state index < -0.39 is 0 Å². The lowest BCUT2D eigenvalue weighted by molar-refractivity contribution is 0.0190. The van der Waals surface area contributed by atoms with Crippen LogP contribution in [-0.4, -0.2) is 37.2 Å². The third-order valence-corrected chi connectivity index (χ3v) is 2.80. The molecule has 0 saturated carbocycles. The van der Waals surface area contributed by atoms with Crippen LogP contribution in [0.25, 0.3) is 0 Å². The molecule has 70 valence electrons. The zero-order valence-corrected chi connectivity index (χ0v) is 7.70. The van der Waals surface area contributed by atoms with Crippen molar-refractivity contribution in [1.29, 1.82) is 5.26 Å². The number of rotatable bonds is 1. The standard InChI is InChI=1S/C10H14N2O/c11-8-9-1-2-10(7-9)12-3-5-13-6-4-12/h1,10H,2-7H2. The highest BCUT2D eigenvalue weighted by atomic mass is 16.5. The van der Waals surface area contributed by atoms with Crippen LogP contribution in [0.5, 0.6) is 0 Å². The van der Waals surface area contributed by atoms with Gasteiger partial charge in [-0.05, 0) is 12.8 Å². The summed E-state index contributed by atoms with van der Waals surface area (Å²) in [4.78, 5) is 2.43. The number of hydrogen-bond acceptors (Lipinski definition) is 3. The molecule has 0 aromatic rings. The molecule has 1 aliphatic heterocycles. The SMILES string of the molecule is N#CC1=CCC(N2CCOCC2)C1. The molecule has 1 heterocycles. The molecule has 0 spiro atoms. The lowest BCUT2D eigenvalue weighted by Crippen LogP contribution is -2.42. The second kappa shape index (κ2) is 3.91. The maximum Gasteiger partial charge on any atom is 0.0944 e. The van der Waals surface area contributed by atoms with Gasteiger partial charge < -0.3 is 4.74 Å². The summed E-state index contributed by atoms with van der Waals surface area (Å²) in [6.45, 7) is 3.74. The quantitative estimate of drug-likeness (QED) is 0.599. The van der Waals surface area contributed by atoms with Gasteiger partial charge in [-0.3, -0.25) is 4.90 Å². The Morgan fingerprint density at radius 1 is 1.46 bits per heavy atom. The van der Waals surface area contributed by atoms with Crippen molar-refractivity contribution in [3.05, 3.63) is 11.6 Å². The molecule has 0 N–H and O–H groups in total. The third kappa shape index (κ3) is 1.90. The van der Waals surface area contributed by atoms with Crippen LogP contribution in [-0.2, 0) is 4.74 Å². The van der Waals surface area contributed by atoms with E-state index in [1.807, 2.05) is 0 Å². The molecule has 1 unspecified atom stereocenters. The van der Waals surface area contributed by atoms with E-state index >= 15 is 0 Å². The molecule has 0 aromatic carbocycles. The number of nitriles is 1. The summed E-state index contributed by atoms with van der Waals surface area (Å²) in [5, 5.41) is 8.72. The molecule has 3 heteroatoms. The van der Waals surface area contributed by atoms with Gasteiger partial charge >= 0.3 is 0 Å². The first kappa shape index (κ1) is 8.74. The van der Waals surface area contributed by atoms with Gasteiger partial charge in [0.05, 0.1) is 19.3 Å². The summed E-state index contributed by atoms with van der Waals surface area (Å²) in [5.41, 5.74) is 0.955. The van der Waals surface area contributed by atoms with Crippen molar-refractivity contribution >= 4 is 0 Å². The number of ether oxygens (including phenoxy) is 1. The molecule has 3 nitrogen and oxygen atoms in total. The second-order valence-corrected chi connectivity index (χ2v) is 3.58.